The zero-order valence-corrected chi connectivity index (χ0v) is 10.7. The highest BCUT2D eigenvalue weighted by Crippen LogP contribution is 2.17. The number of amides is 2. The number of carbonyl (C=O) groups excluding carboxylic acids is 1. The van der Waals surface area contributed by atoms with E-state index in [-0.39, 0.29) is 12.5 Å². The van der Waals surface area contributed by atoms with Gasteiger partial charge in [0, 0.05) is 13.1 Å². The summed E-state index contributed by atoms with van der Waals surface area (Å²) in [5.74, 6) is -2.64. The molecule has 2 amide bonds. The molecule has 1 rings (SSSR count). The van der Waals surface area contributed by atoms with Crippen LogP contribution in [0.1, 0.15) is 13.3 Å². The number of nitrogens with zero attached hydrogens (tertiary/aromatic N) is 2. The highest BCUT2D eigenvalue weighted by atomic mass is 16.4. The standard InChI is InChI=1S/C11H18N2O6/c1-7-4-12(3-2-8(7)14)11(19)13(5-9(15)16)6-10(17)18/h7-8,14H,2-6H2,1H3,(H,15,16)(H,17,18). The van der Waals surface area contributed by atoms with E-state index in [0.29, 0.717) is 13.0 Å². The van der Waals surface area contributed by atoms with Crippen LogP contribution in [0.15, 0.2) is 0 Å². The molecule has 8 heteroatoms. The Bertz CT molecular complexity index is 356. The van der Waals surface area contributed by atoms with Gasteiger partial charge in [0.05, 0.1) is 6.10 Å². The second-order valence-corrected chi connectivity index (χ2v) is 4.71. The van der Waals surface area contributed by atoms with Crippen molar-refractivity contribution in [2.45, 2.75) is 19.4 Å². The summed E-state index contributed by atoms with van der Waals surface area (Å²) in [6, 6.07) is -0.622. The van der Waals surface area contributed by atoms with Crippen molar-refractivity contribution in [3.05, 3.63) is 0 Å². The second-order valence-electron chi connectivity index (χ2n) is 4.71. The Morgan fingerprint density at radius 3 is 2.16 bits per heavy atom. The van der Waals surface area contributed by atoms with E-state index in [2.05, 4.69) is 0 Å². The molecule has 0 radical (unpaired) electrons. The van der Waals surface area contributed by atoms with Crippen molar-refractivity contribution in [3.8, 4) is 0 Å². The van der Waals surface area contributed by atoms with Gasteiger partial charge in [0.15, 0.2) is 0 Å². The highest BCUT2D eigenvalue weighted by Gasteiger charge is 2.31. The van der Waals surface area contributed by atoms with E-state index in [1.54, 1.807) is 6.92 Å². The fourth-order valence-electron chi connectivity index (χ4n) is 2.02. The van der Waals surface area contributed by atoms with Crippen molar-refractivity contribution in [2.24, 2.45) is 5.92 Å². The molecule has 1 saturated heterocycles. The van der Waals surface area contributed by atoms with Crippen molar-refractivity contribution in [1.29, 1.82) is 0 Å². The summed E-state index contributed by atoms with van der Waals surface area (Å²) in [5.41, 5.74) is 0. The molecule has 2 atom stereocenters. The Balaban J connectivity index is 2.70. The van der Waals surface area contributed by atoms with Gasteiger partial charge >= 0.3 is 18.0 Å². The van der Waals surface area contributed by atoms with Crippen molar-refractivity contribution < 1.29 is 29.7 Å². The van der Waals surface area contributed by atoms with Gasteiger partial charge in [-0.1, -0.05) is 6.92 Å². The van der Waals surface area contributed by atoms with E-state index >= 15 is 0 Å². The summed E-state index contributed by atoms with van der Waals surface area (Å²) in [7, 11) is 0. The summed E-state index contributed by atoms with van der Waals surface area (Å²) in [6.07, 6.45) is -0.0857. The van der Waals surface area contributed by atoms with Gasteiger partial charge in [0.1, 0.15) is 13.1 Å². The van der Waals surface area contributed by atoms with E-state index in [0.717, 1.165) is 4.90 Å². The highest BCUT2D eigenvalue weighted by molar-refractivity contribution is 5.84. The van der Waals surface area contributed by atoms with Crippen LogP contribution in [-0.4, -0.2) is 75.4 Å². The second kappa shape index (κ2) is 6.37. The SMILES string of the molecule is CC1CN(C(=O)N(CC(=O)O)CC(=O)O)CCC1O. The minimum absolute atomic E-state index is 0.116. The van der Waals surface area contributed by atoms with E-state index < -0.39 is 37.2 Å². The van der Waals surface area contributed by atoms with Crippen molar-refractivity contribution >= 4 is 18.0 Å². The van der Waals surface area contributed by atoms with Crippen LogP contribution < -0.4 is 0 Å². The Morgan fingerprint density at radius 2 is 1.74 bits per heavy atom. The number of piperidine rings is 1. The maximum atomic E-state index is 12.1. The molecule has 0 spiro atoms. The van der Waals surface area contributed by atoms with Crippen LogP contribution in [0.2, 0.25) is 0 Å². The third-order valence-corrected chi connectivity index (χ3v) is 3.05. The lowest BCUT2D eigenvalue weighted by Crippen LogP contribution is -2.52. The average molecular weight is 274 g/mol. The Hall–Kier alpha value is -1.83. The first-order valence-electron chi connectivity index (χ1n) is 5.96. The van der Waals surface area contributed by atoms with Crippen LogP contribution in [0.3, 0.4) is 0 Å². The molecule has 1 aliphatic rings. The molecular formula is C11H18N2O6. The number of aliphatic hydroxyl groups is 1. The number of carboxylic acids is 2. The summed E-state index contributed by atoms with van der Waals surface area (Å²) in [4.78, 5) is 35.5. The van der Waals surface area contributed by atoms with Gasteiger partial charge in [-0.05, 0) is 12.3 Å². The Morgan fingerprint density at radius 1 is 1.21 bits per heavy atom. The first kappa shape index (κ1) is 15.2. The van der Waals surface area contributed by atoms with Crippen molar-refractivity contribution in [3.63, 3.8) is 0 Å². The van der Waals surface area contributed by atoms with Crippen molar-refractivity contribution in [2.75, 3.05) is 26.2 Å². The quantitative estimate of drug-likeness (QED) is 0.622. The average Bonchev–Trinajstić information content (AvgIpc) is 2.29. The summed E-state index contributed by atoms with van der Waals surface area (Å²) < 4.78 is 0. The fourth-order valence-corrected chi connectivity index (χ4v) is 2.02. The van der Waals surface area contributed by atoms with Gasteiger partial charge in [-0.15, -0.1) is 0 Å². The van der Waals surface area contributed by atoms with E-state index in [4.69, 9.17) is 10.2 Å². The molecule has 0 aromatic carbocycles. The lowest BCUT2D eigenvalue weighted by Gasteiger charge is -2.36. The van der Waals surface area contributed by atoms with Gasteiger partial charge in [-0.2, -0.15) is 0 Å². The minimum Gasteiger partial charge on any atom is -0.480 e. The molecule has 19 heavy (non-hydrogen) atoms. The van der Waals surface area contributed by atoms with Gasteiger partial charge in [-0.25, -0.2) is 4.79 Å². The molecule has 108 valence electrons. The van der Waals surface area contributed by atoms with Gasteiger partial charge in [0.25, 0.3) is 0 Å². The largest absolute Gasteiger partial charge is 0.480 e. The molecule has 8 nitrogen and oxygen atoms in total. The predicted octanol–water partition coefficient (Wildman–Crippen LogP) is -0.720. The number of carboxylic acid groups (broad SMARTS) is 2. The fraction of sp³-hybridized carbons (Fsp3) is 0.727. The molecule has 1 fully saturated rings. The predicted molar refractivity (Wildman–Crippen MR) is 63.6 cm³/mol. The molecule has 0 aliphatic carbocycles. The summed E-state index contributed by atoms with van der Waals surface area (Å²) in [5, 5.41) is 27.0. The molecule has 3 N–H and O–H groups in total. The number of hydrogen-bond acceptors (Lipinski definition) is 4. The third kappa shape index (κ3) is 4.40. The Labute approximate surface area is 110 Å². The zero-order valence-electron chi connectivity index (χ0n) is 10.7. The molecule has 0 aromatic rings. The molecule has 0 aromatic heterocycles. The number of urea groups is 1. The number of carbonyl (C=O) groups is 3. The van der Waals surface area contributed by atoms with Gasteiger partial charge in [-0.3, -0.25) is 9.59 Å². The summed E-state index contributed by atoms with van der Waals surface area (Å²) in [6.45, 7) is 1.05. The Kier molecular flexibility index (Phi) is 5.11. The van der Waals surface area contributed by atoms with Crippen LogP contribution in [-0.2, 0) is 9.59 Å². The maximum Gasteiger partial charge on any atom is 0.323 e. The van der Waals surface area contributed by atoms with E-state index in [1.165, 1.54) is 4.90 Å². The molecule has 0 bridgehead atoms. The van der Waals surface area contributed by atoms with E-state index in [1.807, 2.05) is 0 Å². The molecule has 1 aliphatic heterocycles. The van der Waals surface area contributed by atoms with Crippen LogP contribution in [0.4, 0.5) is 4.79 Å². The van der Waals surface area contributed by atoms with E-state index in [9.17, 15) is 19.5 Å². The number of likely N-dealkylation sites (tertiary alicyclic amines) is 1. The zero-order chi connectivity index (χ0) is 14.6. The van der Waals surface area contributed by atoms with Crippen LogP contribution >= 0.6 is 0 Å². The number of rotatable bonds is 4. The molecule has 0 saturated carbocycles. The first-order valence-corrected chi connectivity index (χ1v) is 5.96. The minimum atomic E-state index is -1.26. The third-order valence-electron chi connectivity index (χ3n) is 3.05. The normalized spacial score (nSPS) is 22.9. The smallest absolute Gasteiger partial charge is 0.323 e. The lowest BCUT2D eigenvalue weighted by atomic mass is 9.97. The maximum absolute atomic E-state index is 12.1. The van der Waals surface area contributed by atoms with Crippen LogP contribution in [0.25, 0.3) is 0 Å². The van der Waals surface area contributed by atoms with Gasteiger partial charge < -0.3 is 25.1 Å². The number of aliphatic carboxylic acids is 2. The number of aliphatic hydroxyl groups excluding tert-OH is 1. The van der Waals surface area contributed by atoms with Crippen LogP contribution in [0.5, 0.6) is 0 Å². The number of hydrogen-bond donors (Lipinski definition) is 3. The summed E-state index contributed by atoms with van der Waals surface area (Å²) >= 11 is 0. The molecule has 2 unspecified atom stereocenters. The monoisotopic (exact) mass is 274 g/mol. The molecule has 1 heterocycles. The topological polar surface area (TPSA) is 118 Å². The first-order chi connectivity index (χ1) is 8.81. The van der Waals surface area contributed by atoms with Crippen molar-refractivity contribution in [1.82, 2.24) is 9.80 Å². The van der Waals surface area contributed by atoms with Gasteiger partial charge in [0.2, 0.25) is 0 Å². The van der Waals surface area contributed by atoms with Crippen LogP contribution in [0, 0.1) is 5.92 Å². The molecular weight excluding hydrogens is 256 g/mol. The lowest BCUT2D eigenvalue weighted by molar-refractivity contribution is -0.140.